The summed E-state index contributed by atoms with van der Waals surface area (Å²) in [5.74, 6) is 1.39. The van der Waals surface area contributed by atoms with Crippen LogP contribution < -0.4 is 14.2 Å². The maximum atomic E-state index is 13.7. The Morgan fingerprint density at radius 2 is 1.91 bits per heavy atom. The van der Waals surface area contributed by atoms with E-state index < -0.39 is 10.0 Å². The van der Waals surface area contributed by atoms with Gasteiger partial charge in [-0.1, -0.05) is 18.2 Å². The Kier molecular flexibility index (Phi) is 6.14. The summed E-state index contributed by atoms with van der Waals surface area (Å²) in [6, 6.07) is 15.2. The highest BCUT2D eigenvalue weighted by atomic mass is 32.2. The molecule has 0 radical (unpaired) electrons. The number of benzene rings is 2. The second-order valence-corrected chi connectivity index (χ2v) is 10.6. The minimum Gasteiger partial charge on any atom is -0.486 e. The lowest BCUT2D eigenvalue weighted by atomic mass is 9.96. The Morgan fingerprint density at radius 1 is 1.12 bits per heavy atom. The van der Waals surface area contributed by atoms with Gasteiger partial charge in [-0.15, -0.1) is 0 Å². The maximum Gasteiger partial charge on any atom is 0.254 e. The monoisotopic (exact) mass is 481 g/mol. The molecule has 3 heterocycles. The van der Waals surface area contributed by atoms with Gasteiger partial charge in [0, 0.05) is 30.6 Å². The van der Waals surface area contributed by atoms with Crippen LogP contribution in [0, 0.1) is 5.92 Å². The Bertz CT molecular complexity index is 1340. The van der Waals surface area contributed by atoms with Gasteiger partial charge >= 0.3 is 0 Å². The first-order valence-corrected chi connectivity index (χ1v) is 13.3. The number of para-hydroxylation sites is 1. The van der Waals surface area contributed by atoms with E-state index in [9.17, 15) is 13.2 Å². The Balaban J connectivity index is 1.47. The normalized spacial score (nSPS) is 18.1. The predicted molar refractivity (Wildman–Crippen MR) is 130 cm³/mol. The summed E-state index contributed by atoms with van der Waals surface area (Å²) in [6.45, 7) is 2.51. The van der Waals surface area contributed by atoms with E-state index in [1.807, 2.05) is 53.4 Å². The molecule has 0 spiro atoms. The molecule has 178 valence electrons. The molecule has 1 N–H and O–H groups in total. The molecule has 34 heavy (non-hydrogen) atoms. The molecular weight excluding hydrogens is 454 g/mol. The molecule has 2 aliphatic rings. The largest absolute Gasteiger partial charge is 0.486 e. The van der Waals surface area contributed by atoms with Gasteiger partial charge in [0.15, 0.2) is 11.5 Å². The van der Waals surface area contributed by atoms with Gasteiger partial charge in [-0.2, -0.15) is 0 Å². The van der Waals surface area contributed by atoms with E-state index in [2.05, 4.69) is 4.72 Å². The van der Waals surface area contributed by atoms with E-state index in [0.29, 0.717) is 55.6 Å². The molecule has 2 aromatic carbocycles. The molecule has 1 atom stereocenters. The zero-order valence-corrected chi connectivity index (χ0v) is 19.8. The van der Waals surface area contributed by atoms with Crippen LogP contribution in [0.1, 0.15) is 23.2 Å². The van der Waals surface area contributed by atoms with Crippen molar-refractivity contribution < 1.29 is 22.7 Å². The zero-order valence-electron chi connectivity index (χ0n) is 19.0. The minimum atomic E-state index is -3.27. The van der Waals surface area contributed by atoms with Crippen LogP contribution in [0.4, 0.5) is 0 Å². The number of hydrogen-bond donors (Lipinski definition) is 1. The van der Waals surface area contributed by atoms with Crippen LogP contribution in [-0.4, -0.2) is 63.3 Å². The van der Waals surface area contributed by atoms with Gasteiger partial charge in [-0.05, 0) is 49.1 Å². The van der Waals surface area contributed by atoms with Crippen molar-refractivity contribution in [1.82, 2.24) is 14.6 Å². The van der Waals surface area contributed by atoms with Crippen LogP contribution in [-0.2, 0) is 10.0 Å². The molecule has 0 bridgehead atoms. The average molecular weight is 482 g/mol. The van der Waals surface area contributed by atoms with Crippen LogP contribution >= 0.6 is 0 Å². The summed E-state index contributed by atoms with van der Waals surface area (Å²) >= 11 is 0. The first-order chi connectivity index (χ1) is 16.4. The number of pyridine rings is 1. The van der Waals surface area contributed by atoms with E-state index in [-0.39, 0.29) is 11.8 Å². The smallest absolute Gasteiger partial charge is 0.254 e. The van der Waals surface area contributed by atoms with Crippen LogP contribution in [0.5, 0.6) is 11.5 Å². The number of piperidine rings is 1. The summed E-state index contributed by atoms with van der Waals surface area (Å²) in [5, 5.41) is 0.796. The topological polar surface area (TPSA) is 97.8 Å². The van der Waals surface area contributed by atoms with E-state index in [0.717, 1.165) is 35.6 Å². The quantitative estimate of drug-likeness (QED) is 0.602. The fraction of sp³-hybridized carbons (Fsp3) is 0.360. The first kappa shape index (κ1) is 22.6. The van der Waals surface area contributed by atoms with E-state index in [4.69, 9.17) is 14.5 Å². The van der Waals surface area contributed by atoms with Crippen molar-refractivity contribution in [2.75, 3.05) is 39.1 Å². The van der Waals surface area contributed by atoms with Gasteiger partial charge in [-0.3, -0.25) is 4.79 Å². The molecule has 5 rings (SSSR count). The third-order valence-corrected chi connectivity index (χ3v) is 6.92. The SMILES string of the molecule is CS(=O)(=O)NCC1CCCN(C(=O)c2cc(-c3ccc4c(c3)OCCO4)nc3ccccc23)C1. The molecule has 1 amide bonds. The highest BCUT2D eigenvalue weighted by molar-refractivity contribution is 7.88. The second-order valence-electron chi connectivity index (χ2n) is 8.81. The van der Waals surface area contributed by atoms with Gasteiger partial charge in [0.25, 0.3) is 5.91 Å². The lowest BCUT2D eigenvalue weighted by Crippen LogP contribution is -2.43. The first-order valence-electron chi connectivity index (χ1n) is 11.4. The van der Waals surface area contributed by atoms with Gasteiger partial charge in [0.05, 0.1) is 23.0 Å². The Labute approximate surface area is 198 Å². The van der Waals surface area contributed by atoms with Gasteiger partial charge in [0.2, 0.25) is 10.0 Å². The highest BCUT2D eigenvalue weighted by Crippen LogP contribution is 2.35. The van der Waals surface area contributed by atoms with Crippen LogP contribution in [0.2, 0.25) is 0 Å². The fourth-order valence-corrected chi connectivity index (χ4v) is 5.10. The number of hydrogen-bond acceptors (Lipinski definition) is 6. The van der Waals surface area contributed by atoms with Gasteiger partial charge in [-0.25, -0.2) is 18.1 Å². The number of ether oxygens (including phenoxy) is 2. The van der Waals surface area contributed by atoms with E-state index >= 15 is 0 Å². The number of aromatic nitrogens is 1. The second kappa shape index (κ2) is 9.23. The molecule has 1 aromatic heterocycles. The minimum absolute atomic E-state index is 0.0681. The highest BCUT2D eigenvalue weighted by Gasteiger charge is 2.27. The molecule has 2 aliphatic heterocycles. The Hall–Kier alpha value is -3.17. The van der Waals surface area contributed by atoms with Crippen molar-refractivity contribution in [3.8, 4) is 22.8 Å². The van der Waals surface area contributed by atoms with Crippen LogP contribution in [0.3, 0.4) is 0 Å². The predicted octanol–water partition coefficient (Wildman–Crippen LogP) is 3.07. The van der Waals surface area contributed by atoms with E-state index in [1.54, 1.807) is 0 Å². The van der Waals surface area contributed by atoms with Gasteiger partial charge < -0.3 is 14.4 Å². The maximum absolute atomic E-state index is 13.7. The van der Waals surface area contributed by atoms with Crippen molar-refractivity contribution in [3.63, 3.8) is 0 Å². The third kappa shape index (κ3) is 4.85. The number of carbonyl (C=O) groups is 1. The molecule has 3 aromatic rings. The number of nitrogens with one attached hydrogen (secondary N) is 1. The lowest BCUT2D eigenvalue weighted by Gasteiger charge is -2.33. The summed E-state index contributed by atoms with van der Waals surface area (Å²) in [7, 11) is -3.27. The number of amides is 1. The van der Waals surface area contributed by atoms with Crippen LogP contribution in [0.25, 0.3) is 22.2 Å². The van der Waals surface area contributed by atoms with Crippen LogP contribution in [0.15, 0.2) is 48.5 Å². The van der Waals surface area contributed by atoms with E-state index in [1.165, 1.54) is 0 Å². The molecule has 0 saturated carbocycles. The summed E-state index contributed by atoms with van der Waals surface area (Å²) in [4.78, 5) is 20.3. The number of fused-ring (bicyclic) bond motifs is 2. The number of rotatable bonds is 5. The van der Waals surface area contributed by atoms with Crippen molar-refractivity contribution >= 4 is 26.8 Å². The van der Waals surface area contributed by atoms with Gasteiger partial charge in [0.1, 0.15) is 13.2 Å². The zero-order chi connectivity index (χ0) is 23.7. The molecule has 1 saturated heterocycles. The Morgan fingerprint density at radius 3 is 2.74 bits per heavy atom. The lowest BCUT2D eigenvalue weighted by molar-refractivity contribution is 0.0678. The molecule has 9 heteroatoms. The number of likely N-dealkylation sites (tertiary alicyclic amines) is 1. The van der Waals surface area contributed by atoms with Crippen molar-refractivity contribution in [2.45, 2.75) is 12.8 Å². The standard InChI is InChI=1S/C25H27N3O5S/c1-34(30,31)26-15-17-5-4-10-28(16-17)25(29)20-14-22(27-21-7-3-2-6-19(20)21)18-8-9-23-24(13-18)33-12-11-32-23/h2-3,6-9,13-14,17,26H,4-5,10-12,15-16H2,1H3. The molecule has 1 fully saturated rings. The number of sulfonamides is 1. The summed E-state index contributed by atoms with van der Waals surface area (Å²) in [6.07, 6.45) is 2.87. The molecular formula is C25H27N3O5S. The number of nitrogens with zero attached hydrogens (tertiary/aromatic N) is 2. The number of carbonyl (C=O) groups excluding carboxylic acids is 1. The average Bonchev–Trinajstić information content (AvgIpc) is 2.86. The molecule has 1 unspecified atom stereocenters. The third-order valence-electron chi connectivity index (χ3n) is 6.22. The van der Waals surface area contributed by atoms with Crippen molar-refractivity contribution in [1.29, 1.82) is 0 Å². The molecule has 8 nitrogen and oxygen atoms in total. The fourth-order valence-electron chi connectivity index (χ4n) is 4.56. The molecule has 0 aliphatic carbocycles. The summed E-state index contributed by atoms with van der Waals surface area (Å²) in [5.41, 5.74) is 2.86. The van der Waals surface area contributed by atoms with Crippen molar-refractivity contribution in [3.05, 3.63) is 54.1 Å². The summed E-state index contributed by atoms with van der Waals surface area (Å²) < 4.78 is 36.9. The van der Waals surface area contributed by atoms with Crippen molar-refractivity contribution in [2.24, 2.45) is 5.92 Å².